The van der Waals surface area contributed by atoms with Gasteiger partial charge in [-0.1, -0.05) is 66.7 Å². The molecule has 0 heterocycles. The van der Waals surface area contributed by atoms with Crippen molar-refractivity contribution in [2.45, 2.75) is 10.9 Å². The van der Waals surface area contributed by atoms with Gasteiger partial charge in [0.1, 0.15) is 6.04 Å². The van der Waals surface area contributed by atoms with E-state index in [0.29, 0.717) is 5.69 Å². The summed E-state index contributed by atoms with van der Waals surface area (Å²) in [6, 6.07) is 26.0. The highest BCUT2D eigenvalue weighted by atomic mass is 32.2. The highest BCUT2D eigenvalue weighted by molar-refractivity contribution is 7.89. The van der Waals surface area contributed by atoms with Gasteiger partial charge >= 0.3 is 0 Å². The van der Waals surface area contributed by atoms with Crippen LogP contribution in [0.1, 0.15) is 17.2 Å². The highest BCUT2D eigenvalue weighted by Gasteiger charge is 2.25. The van der Waals surface area contributed by atoms with Gasteiger partial charge in [-0.05, 0) is 18.2 Å². The van der Waals surface area contributed by atoms with Gasteiger partial charge in [0.25, 0.3) is 5.91 Å². The molecule has 1 atom stereocenters. The average Bonchev–Trinajstić information content (AvgIpc) is 2.69. The Morgan fingerprint density at radius 1 is 0.931 bits per heavy atom. The van der Waals surface area contributed by atoms with Gasteiger partial charge in [0.05, 0.1) is 11.9 Å². The molecule has 0 saturated heterocycles. The van der Waals surface area contributed by atoms with Crippen LogP contribution in [0.15, 0.2) is 89.8 Å². The first kappa shape index (κ1) is 20.7. The van der Waals surface area contributed by atoms with Crippen molar-refractivity contribution in [3.63, 3.8) is 0 Å². The number of rotatable bonds is 7. The van der Waals surface area contributed by atoms with Gasteiger partial charge in [0.2, 0.25) is 10.0 Å². The van der Waals surface area contributed by atoms with E-state index in [1.165, 1.54) is 12.1 Å². The largest absolute Gasteiger partial charge is 0.321 e. The van der Waals surface area contributed by atoms with Crippen LogP contribution in [0.4, 0.5) is 5.69 Å². The molecule has 0 spiro atoms. The molecule has 3 aromatic carbocycles. The van der Waals surface area contributed by atoms with E-state index in [0.717, 1.165) is 16.0 Å². The van der Waals surface area contributed by atoms with E-state index in [9.17, 15) is 13.2 Å². The molecular weight excluding hydrogens is 386 g/mol. The van der Waals surface area contributed by atoms with Gasteiger partial charge in [-0.15, -0.1) is 0 Å². The molecule has 0 aliphatic carbocycles. The monoisotopic (exact) mass is 410 g/mol. The number of sulfonamides is 1. The molecule has 6 nitrogen and oxygen atoms in total. The van der Waals surface area contributed by atoms with Gasteiger partial charge in [-0.3, -0.25) is 4.79 Å². The van der Waals surface area contributed by atoms with E-state index in [1.54, 1.807) is 12.1 Å². The Morgan fingerprint density at radius 3 is 2.00 bits per heavy atom. The minimum Gasteiger partial charge on any atom is -0.321 e. The predicted octanol–water partition coefficient (Wildman–Crippen LogP) is 1.58. The van der Waals surface area contributed by atoms with Gasteiger partial charge in [-0.2, -0.15) is 0 Å². The van der Waals surface area contributed by atoms with Crippen molar-refractivity contribution in [2.24, 2.45) is 5.14 Å². The summed E-state index contributed by atoms with van der Waals surface area (Å²) in [6.45, 7) is 0.202. The number of anilines is 1. The number of hydrogen-bond acceptors (Lipinski definition) is 3. The molecule has 3 aromatic rings. The zero-order valence-corrected chi connectivity index (χ0v) is 16.9. The Balaban J connectivity index is 1.78. The lowest BCUT2D eigenvalue weighted by Gasteiger charge is -2.25. The van der Waals surface area contributed by atoms with Crippen LogP contribution < -0.4 is 15.4 Å². The topological polar surface area (TPSA) is 93.7 Å². The zero-order valence-electron chi connectivity index (χ0n) is 16.1. The lowest BCUT2D eigenvalue weighted by molar-refractivity contribution is -0.897. The summed E-state index contributed by atoms with van der Waals surface area (Å²) in [4.78, 5) is 13.6. The third-order valence-corrected chi connectivity index (χ3v) is 5.56. The molecule has 0 saturated carbocycles. The number of hydrogen-bond donors (Lipinski definition) is 3. The van der Waals surface area contributed by atoms with E-state index in [1.807, 2.05) is 43.4 Å². The summed E-state index contributed by atoms with van der Waals surface area (Å²) in [6.07, 6.45) is 0. The van der Waals surface area contributed by atoms with E-state index in [2.05, 4.69) is 29.6 Å². The summed E-state index contributed by atoms with van der Waals surface area (Å²) < 4.78 is 23.0. The maximum Gasteiger partial charge on any atom is 0.279 e. The Kier molecular flexibility index (Phi) is 6.43. The molecule has 7 heteroatoms. The first-order valence-corrected chi connectivity index (χ1v) is 10.7. The normalized spacial score (nSPS) is 12.5. The van der Waals surface area contributed by atoms with Gasteiger partial charge in [-0.25, -0.2) is 13.6 Å². The fourth-order valence-electron chi connectivity index (χ4n) is 3.36. The second kappa shape index (κ2) is 9.00. The van der Waals surface area contributed by atoms with Crippen molar-refractivity contribution in [1.82, 2.24) is 0 Å². The van der Waals surface area contributed by atoms with Gasteiger partial charge in [0.15, 0.2) is 6.54 Å². The number of amides is 1. The third kappa shape index (κ3) is 5.51. The number of likely N-dealkylation sites (N-methyl/N-ethyl adjacent to an activating group) is 1. The van der Waals surface area contributed by atoms with Crippen LogP contribution in [-0.2, 0) is 14.8 Å². The number of quaternary nitrogens is 1. The first-order chi connectivity index (χ1) is 13.8. The Labute approximate surface area is 171 Å². The lowest BCUT2D eigenvalue weighted by Crippen LogP contribution is -3.10. The molecule has 1 unspecified atom stereocenters. The van der Waals surface area contributed by atoms with Gasteiger partial charge < -0.3 is 10.2 Å². The molecule has 150 valence electrons. The quantitative estimate of drug-likeness (QED) is 0.552. The Bertz CT molecular complexity index is 1030. The molecule has 0 aromatic heterocycles. The van der Waals surface area contributed by atoms with E-state index in [4.69, 9.17) is 5.14 Å². The Hall–Kier alpha value is -3.00. The maximum atomic E-state index is 12.6. The molecule has 29 heavy (non-hydrogen) atoms. The van der Waals surface area contributed by atoms with E-state index >= 15 is 0 Å². The van der Waals surface area contributed by atoms with E-state index in [-0.39, 0.29) is 23.4 Å². The Morgan fingerprint density at radius 2 is 1.48 bits per heavy atom. The smallest absolute Gasteiger partial charge is 0.279 e. The number of carbonyl (C=O) groups excluding carboxylic acids is 1. The van der Waals surface area contributed by atoms with Crippen molar-refractivity contribution in [3.8, 4) is 0 Å². The summed E-state index contributed by atoms with van der Waals surface area (Å²) >= 11 is 0. The number of primary sulfonamides is 1. The molecule has 3 rings (SSSR count). The predicted molar refractivity (Wildman–Crippen MR) is 113 cm³/mol. The number of nitrogens with two attached hydrogens (primary N) is 1. The summed E-state index contributed by atoms with van der Waals surface area (Å²) in [5.41, 5.74) is 2.62. The molecule has 0 fully saturated rings. The molecule has 0 aliphatic rings. The lowest BCUT2D eigenvalue weighted by atomic mass is 9.97. The third-order valence-electron chi connectivity index (χ3n) is 4.64. The standard InChI is InChI=1S/C22H23N3O3S/c1-25(16-21(26)24-19-13-8-14-20(15-19)29(23,27)28)22(17-9-4-2-5-10-17)18-11-6-3-7-12-18/h2-15,22H,16H2,1H3,(H,24,26)(H2,23,27,28)/p+1. The van der Waals surface area contributed by atoms with Crippen LogP contribution in [0.2, 0.25) is 0 Å². The first-order valence-electron chi connectivity index (χ1n) is 9.19. The van der Waals surface area contributed by atoms with Crippen molar-refractivity contribution < 1.29 is 18.1 Å². The van der Waals surface area contributed by atoms with E-state index < -0.39 is 10.0 Å². The van der Waals surface area contributed by atoms with Crippen LogP contribution in [0.5, 0.6) is 0 Å². The van der Waals surface area contributed by atoms with Crippen molar-refractivity contribution in [1.29, 1.82) is 0 Å². The van der Waals surface area contributed by atoms with Gasteiger partial charge in [0, 0.05) is 16.8 Å². The summed E-state index contributed by atoms with van der Waals surface area (Å²) in [5.74, 6) is -0.217. The van der Waals surface area contributed by atoms with Crippen LogP contribution in [0.3, 0.4) is 0 Å². The molecular formula is C22H24N3O3S+. The molecule has 0 bridgehead atoms. The summed E-state index contributed by atoms with van der Waals surface area (Å²) in [5, 5.41) is 7.92. The average molecular weight is 411 g/mol. The van der Waals surface area contributed by atoms with Crippen LogP contribution in [0, 0.1) is 0 Å². The maximum absolute atomic E-state index is 12.6. The molecule has 0 radical (unpaired) electrons. The second-order valence-electron chi connectivity index (χ2n) is 6.90. The number of carbonyl (C=O) groups is 1. The van der Waals surface area contributed by atoms with Crippen LogP contribution >= 0.6 is 0 Å². The van der Waals surface area contributed by atoms with Crippen LogP contribution in [0.25, 0.3) is 0 Å². The number of nitrogens with one attached hydrogen (secondary N) is 2. The molecule has 1 amide bonds. The van der Waals surface area contributed by atoms with Crippen molar-refractivity contribution in [3.05, 3.63) is 96.1 Å². The SMILES string of the molecule is C[NH+](CC(=O)Nc1cccc(S(N)(=O)=O)c1)C(c1ccccc1)c1ccccc1. The summed E-state index contributed by atoms with van der Waals surface area (Å²) in [7, 11) is -1.86. The van der Waals surface area contributed by atoms with Crippen molar-refractivity contribution >= 4 is 21.6 Å². The minimum absolute atomic E-state index is 0.0149. The highest BCUT2D eigenvalue weighted by Crippen LogP contribution is 2.19. The minimum atomic E-state index is -3.83. The second-order valence-corrected chi connectivity index (χ2v) is 8.46. The van der Waals surface area contributed by atoms with Crippen LogP contribution in [-0.4, -0.2) is 27.9 Å². The van der Waals surface area contributed by atoms with Crippen molar-refractivity contribution in [2.75, 3.05) is 18.9 Å². The fraction of sp³-hybridized carbons (Fsp3) is 0.136. The molecule has 4 N–H and O–H groups in total. The zero-order chi connectivity index (χ0) is 20.9. The molecule has 0 aliphatic heterocycles. The fourth-order valence-corrected chi connectivity index (χ4v) is 3.92. The number of benzene rings is 3.